The van der Waals surface area contributed by atoms with Crippen molar-refractivity contribution in [2.75, 3.05) is 13.2 Å². The van der Waals surface area contributed by atoms with Gasteiger partial charge in [0.15, 0.2) is 11.4 Å². The Morgan fingerprint density at radius 1 is 1.52 bits per heavy atom. The Labute approximate surface area is 119 Å². The van der Waals surface area contributed by atoms with Gasteiger partial charge in [-0.1, -0.05) is 5.16 Å². The number of esters is 1. The Balaban J connectivity index is 2.05. The molecule has 0 saturated heterocycles. The number of hydrogen-bond donors (Lipinski definition) is 2. The number of ether oxygens (including phenoxy) is 1. The zero-order valence-corrected chi connectivity index (χ0v) is 11.9. The molecule has 2 aromatic rings. The van der Waals surface area contributed by atoms with Crippen molar-refractivity contribution < 1.29 is 22.5 Å². The fourth-order valence-corrected chi connectivity index (χ4v) is 2.62. The van der Waals surface area contributed by atoms with E-state index in [1.165, 1.54) is 6.33 Å². The van der Waals surface area contributed by atoms with Crippen LogP contribution in [0.2, 0.25) is 0 Å². The molecule has 10 nitrogen and oxygen atoms in total. The highest BCUT2D eigenvalue weighted by molar-refractivity contribution is 7.89. The summed E-state index contributed by atoms with van der Waals surface area (Å²) in [6, 6.07) is 0. The van der Waals surface area contributed by atoms with Gasteiger partial charge in [0.05, 0.1) is 12.8 Å². The molecule has 0 aliphatic heterocycles. The Morgan fingerprint density at radius 2 is 2.33 bits per heavy atom. The second kappa shape index (κ2) is 6.45. The van der Waals surface area contributed by atoms with Gasteiger partial charge in [-0.2, -0.15) is 10.1 Å². The van der Waals surface area contributed by atoms with E-state index in [4.69, 9.17) is 9.26 Å². The molecule has 2 rings (SSSR count). The van der Waals surface area contributed by atoms with Crippen LogP contribution in [-0.2, 0) is 21.2 Å². The second-order valence-corrected chi connectivity index (χ2v) is 5.52. The molecule has 0 aliphatic rings. The van der Waals surface area contributed by atoms with Crippen molar-refractivity contribution >= 4 is 16.0 Å². The minimum Gasteiger partial charge on any atom is -0.462 e. The van der Waals surface area contributed by atoms with E-state index in [1.807, 2.05) is 0 Å². The predicted octanol–water partition coefficient (Wildman–Crippen LogP) is -0.510. The number of nitrogens with zero attached hydrogens (tertiary/aromatic N) is 3. The molecular formula is C10H13N5O5S. The quantitative estimate of drug-likeness (QED) is 0.651. The van der Waals surface area contributed by atoms with Gasteiger partial charge in [0.1, 0.15) is 5.56 Å². The zero-order chi connectivity index (χ0) is 15.3. The number of aromatic amines is 1. The summed E-state index contributed by atoms with van der Waals surface area (Å²) in [5.74, 6) is -0.462. The highest BCUT2D eigenvalue weighted by atomic mass is 32.2. The first kappa shape index (κ1) is 15.1. The van der Waals surface area contributed by atoms with Gasteiger partial charge in [0, 0.05) is 13.0 Å². The van der Waals surface area contributed by atoms with Crippen LogP contribution in [0.4, 0.5) is 0 Å². The summed E-state index contributed by atoms with van der Waals surface area (Å²) < 4.78 is 36.0. The fourth-order valence-electron chi connectivity index (χ4n) is 1.50. The number of carbonyl (C=O) groups excluding carboxylic acids is 1. The monoisotopic (exact) mass is 315 g/mol. The molecule has 0 amide bonds. The predicted molar refractivity (Wildman–Crippen MR) is 67.7 cm³/mol. The fraction of sp³-hybridized carbons (Fsp3) is 0.400. The zero-order valence-electron chi connectivity index (χ0n) is 11.1. The molecule has 0 aromatic carbocycles. The molecule has 2 heterocycles. The molecule has 11 heteroatoms. The number of aromatic nitrogens is 4. The third-order valence-electron chi connectivity index (χ3n) is 2.41. The van der Waals surface area contributed by atoms with Gasteiger partial charge < -0.3 is 9.26 Å². The van der Waals surface area contributed by atoms with Gasteiger partial charge in [-0.3, -0.25) is 5.10 Å². The second-order valence-electron chi connectivity index (χ2n) is 3.82. The van der Waals surface area contributed by atoms with Gasteiger partial charge in [-0.15, -0.1) is 0 Å². The molecule has 2 aromatic heterocycles. The van der Waals surface area contributed by atoms with E-state index < -0.39 is 16.0 Å². The maximum absolute atomic E-state index is 12.1. The maximum atomic E-state index is 12.1. The highest BCUT2D eigenvalue weighted by Crippen LogP contribution is 2.13. The molecule has 0 radical (unpaired) electrons. The molecule has 0 aliphatic carbocycles. The van der Waals surface area contributed by atoms with Crippen molar-refractivity contribution in [2.24, 2.45) is 0 Å². The summed E-state index contributed by atoms with van der Waals surface area (Å²) in [6.45, 7) is 1.79. The van der Waals surface area contributed by atoms with Crippen LogP contribution in [0.1, 0.15) is 23.2 Å². The minimum absolute atomic E-state index is 0.0335. The topological polar surface area (TPSA) is 140 Å². The lowest BCUT2D eigenvalue weighted by atomic mass is 10.4. The number of H-pyrrole nitrogens is 1. The van der Waals surface area contributed by atoms with Crippen LogP contribution in [0.3, 0.4) is 0 Å². The van der Waals surface area contributed by atoms with Crippen LogP contribution in [0, 0.1) is 0 Å². The summed E-state index contributed by atoms with van der Waals surface area (Å²) in [5.41, 5.74) is -0.151. The summed E-state index contributed by atoms with van der Waals surface area (Å²) in [4.78, 5) is 15.4. The molecule has 21 heavy (non-hydrogen) atoms. The third-order valence-corrected chi connectivity index (χ3v) is 3.84. The van der Waals surface area contributed by atoms with E-state index in [2.05, 4.69) is 25.1 Å². The van der Waals surface area contributed by atoms with Gasteiger partial charge in [0.25, 0.3) is 10.0 Å². The van der Waals surface area contributed by atoms with Crippen LogP contribution in [0.25, 0.3) is 0 Å². The Kier molecular flexibility index (Phi) is 4.65. The molecule has 0 unspecified atom stereocenters. The van der Waals surface area contributed by atoms with Crippen LogP contribution in [-0.4, -0.2) is 47.9 Å². The van der Waals surface area contributed by atoms with Gasteiger partial charge in [-0.05, 0) is 6.92 Å². The van der Waals surface area contributed by atoms with E-state index in [0.29, 0.717) is 5.89 Å². The van der Waals surface area contributed by atoms with Gasteiger partial charge >= 0.3 is 5.97 Å². The molecule has 0 spiro atoms. The molecule has 114 valence electrons. The Hall–Kier alpha value is -2.27. The van der Waals surface area contributed by atoms with Crippen LogP contribution in [0.15, 0.2) is 22.1 Å². The van der Waals surface area contributed by atoms with Crippen molar-refractivity contribution in [3.63, 3.8) is 0 Å². The number of carbonyl (C=O) groups is 1. The first-order chi connectivity index (χ1) is 10.0. The lowest BCUT2D eigenvalue weighted by Gasteiger charge is -2.05. The number of sulfonamides is 1. The molecule has 0 fully saturated rings. The molecule has 0 bridgehead atoms. The Morgan fingerprint density at radius 3 is 3.00 bits per heavy atom. The lowest BCUT2D eigenvalue weighted by molar-refractivity contribution is 0.0522. The van der Waals surface area contributed by atoms with E-state index in [-0.39, 0.29) is 30.2 Å². The first-order valence-electron chi connectivity index (χ1n) is 6.00. The number of nitrogens with one attached hydrogen (secondary N) is 2. The molecule has 0 atom stereocenters. The molecular weight excluding hydrogens is 302 g/mol. The van der Waals surface area contributed by atoms with Crippen molar-refractivity contribution in [3.8, 4) is 0 Å². The number of rotatable bonds is 7. The van der Waals surface area contributed by atoms with Crippen LogP contribution >= 0.6 is 0 Å². The normalized spacial score (nSPS) is 11.5. The van der Waals surface area contributed by atoms with Gasteiger partial charge in [-0.25, -0.2) is 17.9 Å². The smallest absolute Gasteiger partial charge is 0.342 e. The van der Waals surface area contributed by atoms with Crippen LogP contribution in [0.5, 0.6) is 0 Å². The highest BCUT2D eigenvalue weighted by Gasteiger charge is 2.25. The molecule has 2 N–H and O–H groups in total. The van der Waals surface area contributed by atoms with Crippen molar-refractivity contribution in [1.82, 2.24) is 25.1 Å². The Bertz CT molecular complexity index is 693. The average molecular weight is 315 g/mol. The van der Waals surface area contributed by atoms with Crippen molar-refractivity contribution in [2.45, 2.75) is 18.4 Å². The third kappa shape index (κ3) is 3.64. The minimum atomic E-state index is -3.92. The average Bonchev–Trinajstić information content (AvgIpc) is 3.10. The van der Waals surface area contributed by atoms with E-state index in [1.54, 1.807) is 6.92 Å². The summed E-state index contributed by atoms with van der Waals surface area (Å²) in [5, 5.41) is 8.90. The van der Waals surface area contributed by atoms with E-state index in [9.17, 15) is 13.2 Å². The lowest BCUT2D eigenvalue weighted by Crippen LogP contribution is -2.28. The summed E-state index contributed by atoms with van der Waals surface area (Å²) in [6.07, 6.45) is 2.55. The standard InChI is InChI=1S/C10H13N5O5S/c1-2-19-10(16)7-5-12-15-9(7)21(17,18)14-4-3-8-11-6-13-20-8/h5-6,14H,2-4H2,1H3,(H,12,15). The summed E-state index contributed by atoms with van der Waals surface area (Å²) >= 11 is 0. The van der Waals surface area contributed by atoms with Crippen molar-refractivity contribution in [3.05, 3.63) is 24.0 Å². The largest absolute Gasteiger partial charge is 0.462 e. The maximum Gasteiger partial charge on any atom is 0.342 e. The number of hydrogen-bond acceptors (Lipinski definition) is 8. The van der Waals surface area contributed by atoms with Crippen molar-refractivity contribution in [1.29, 1.82) is 0 Å². The molecule has 0 saturated carbocycles. The SMILES string of the molecule is CCOC(=O)c1cn[nH]c1S(=O)(=O)NCCc1ncno1. The van der Waals surface area contributed by atoms with Crippen LogP contribution < -0.4 is 4.72 Å². The van der Waals surface area contributed by atoms with Gasteiger partial charge in [0.2, 0.25) is 5.89 Å². The van der Waals surface area contributed by atoms with E-state index in [0.717, 1.165) is 6.20 Å². The first-order valence-corrected chi connectivity index (χ1v) is 7.48. The summed E-state index contributed by atoms with van der Waals surface area (Å²) in [7, 11) is -3.92. The van der Waals surface area contributed by atoms with E-state index >= 15 is 0 Å².